The number of methoxy groups -OCH3 is 1. The van der Waals surface area contributed by atoms with Crippen LogP contribution in [-0.4, -0.2) is 32.5 Å². The summed E-state index contributed by atoms with van der Waals surface area (Å²) in [5.41, 5.74) is 1.17. The van der Waals surface area contributed by atoms with Crippen LogP contribution in [0.1, 0.15) is 41.8 Å². The summed E-state index contributed by atoms with van der Waals surface area (Å²) in [4.78, 5) is 12.4. The minimum Gasteiger partial charge on any atom is -0.507 e. The van der Waals surface area contributed by atoms with Crippen molar-refractivity contribution >= 4 is 15.9 Å². The van der Waals surface area contributed by atoms with E-state index in [2.05, 4.69) is 0 Å². The molecule has 1 unspecified atom stereocenters. The predicted octanol–water partition coefficient (Wildman–Crippen LogP) is 3.44. The zero-order chi connectivity index (χ0) is 19.5. The van der Waals surface area contributed by atoms with Crippen molar-refractivity contribution in [3.63, 3.8) is 0 Å². The highest BCUT2D eigenvalue weighted by Gasteiger charge is 2.27. The molecule has 0 saturated heterocycles. The normalized spacial score (nSPS) is 12.6. The van der Waals surface area contributed by atoms with E-state index in [0.29, 0.717) is 12.0 Å². The van der Waals surface area contributed by atoms with E-state index in [9.17, 15) is 18.3 Å². The van der Waals surface area contributed by atoms with E-state index >= 15 is 0 Å². The molecule has 1 atom stereocenters. The van der Waals surface area contributed by atoms with Gasteiger partial charge in [0.25, 0.3) is 0 Å². The van der Waals surface area contributed by atoms with Crippen LogP contribution in [0.2, 0.25) is 0 Å². The SMILES string of the molecule is CCC(C)OS(=O)(=O)c1cc(C(=O)c2ccc(C)cc2)c(O)cc1OC. The lowest BCUT2D eigenvalue weighted by Gasteiger charge is -2.15. The monoisotopic (exact) mass is 378 g/mol. The summed E-state index contributed by atoms with van der Waals surface area (Å²) in [5, 5.41) is 10.2. The second-order valence-electron chi connectivity index (χ2n) is 5.98. The predicted molar refractivity (Wildman–Crippen MR) is 97.3 cm³/mol. The molecule has 0 spiro atoms. The number of carbonyl (C=O) groups excluding carboxylic acids is 1. The van der Waals surface area contributed by atoms with Crippen molar-refractivity contribution in [1.82, 2.24) is 0 Å². The molecule has 6 nitrogen and oxygen atoms in total. The molecule has 2 aromatic carbocycles. The van der Waals surface area contributed by atoms with Gasteiger partial charge in [0.05, 0.1) is 18.8 Å². The van der Waals surface area contributed by atoms with Crippen LogP contribution in [0.15, 0.2) is 41.3 Å². The van der Waals surface area contributed by atoms with Crippen LogP contribution in [0, 0.1) is 6.92 Å². The second kappa shape index (κ2) is 7.88. The molecule has 2 aromatic rings. The number of aryl methyl sites for hydroxylation is 1. The number of phenols is 1. The molecule has 0 radical (unpaired) electrons. The summed E-state index contributed by atoms with van der Waals surface area (Å²) in [6.45, 7) is 5.30. The van der Waals surface area contributed by atoms with Crippen molar-refractivity contribution in [3.8, 4) is 11.5 Å². The van der Waals surface area contributed by atoms with E-state index in [1.54, 1.807) is 38.1 Å². The molecule has 0 aliphatic carbocycles. The summed E-state index contributed by atoms with van der Waals surface area (Å²) in [7, 11) is -2.89. The third kappa shape index (κ3) is 4.23. The Labute approximate surface area is 153 Å². The highest BCUT2D eigenvalue weighted by atomic mass is 32.2. The number of hydrogen-bond acceptors (Lipinski definition) is 6. The fourth-order valence-corrected chi connectivity index (χ4v) is 3.61. The first-order valence-electron chi connectivity index (χ1n) is 8.15. The van der Waals surface area contributed by atoms with Gasteiger partial charge in [-0.1, -0.05) is 36.8 Å². The smallest absolute Gasteiger partial charge is 0.300 e. The number of hydrogen-bond donors (Lipinski definition) is 1. The molecule has 2 rings (SSSR count). The Bertz CT molecular complexity index is 900. The van der Waals surface area contributed by atoms with Gasteiger partial charge in [-0.2, -0.15) is 8.42 Å². The fraction of sp³-hybridized carbons (Fsp3) is 0.316. The molecule has 0 bridgehead atoms. The van der Waals surface area contributed by atoms with Crippen molar-refractivity contribution in [2.75, 3.05) is 7.11 Å². The molecular weight excluding hydrogens is 356 g/mol. The first-order chi connectivity index (χ1) is 12.2. The first kappa shape index (κ1) is 19.9. The average Bonchev–Trinajstić information content (AvgIpc) is 2.60. The van der Waals surface area contributed by atoms with Gasteiger partial charge >= 0.3 is 10.1 Å². The van der Waals surface area contributed by atoms with Crippen LogP contribution < -0.4 is 4.74 Å². The van der Waals surface area contributed by atoms with E-state index in [1.807, 2.05) is 6.92 Å². The number of rotatable bonds is 7. The minimum absolute atomic E-state index is 0.0914. The maximum absolute atomic E-state index is 12.7. The zero-order valence-corrected chi connectivity index (χ0v) is 16.0. The first-order valence-corrected chi connectivity index (χ1v) is 9.56. The van der Waals surface area contributed by atoms with E-state index < -0.39 is 22.0 Å². The molecule has 0 saturated carbocycles. The molecule has 140 valence electrons. The molecule has 0 heterocycles. The van der Waals surface area contributed by atoms with Crippen LogP contribution in [0.5, 0.6) is 11.5 Å². The van der Waals surface area contributed by atoms with Gasteiger partial charge in [-0.3, -0.25) is 8.98 Å². The number of ketones is 1. The van der Waals surface area contributed by atoms with Crippen LogP contribution in [0.4, 0.5) is 0 Å². The van der Waals surface area contributed by atoms with Crippen molar-refractivity contribution < 1.29 is 27.2 Å². The van der Waals surface area contributed by atoms with Crippen LogP contribution in [0.3, 0.4) is 0 Å². The number of carbonyl (C=O) groups is 1. The van der Waals surface area contributed by atoms with Gasteiger partial charge in [0.15, 0.2) is 5.78 Å². The van der Waals surface area contributed by atoms with Crippen LogP contribution in [0.25, 0.3) is 0 Å². The molecule has 0 fully saturated rings. The summed E-state index contributed by atoms with van der Waals surface area (Å²) < 4.78 is 35.3. The van der Waals surface area contributed by atoms with E-state index in [-0.39, 0.29) is 22.0 Å². The van der Waals surface area contributed by atoms with Gasteiger partial charge in [-0.15, -0.1) is 0 Å². The maximum atomic E-state index is 12.7. The Morgan fingerprint density at radius 3 is 2.35 bits per heavy atom. The molecule has 0 aliphatic rings. The standard InChI is InChI=1S/C19H22O6S/c1-5-13(3)25-26(22,23)18-10-15(16(20)11-17(18)24-4)19(21)14-8-6-12(2)7-9-14/h6-11,13,20H,5H2,1-4H3. The molecule has 1 N–H and O–H groups in total. The minimum atomic E-state index is -4.16. The fourth-order valence-electron chi connectivity index (χ4n) is 2.28. The largest absolute Gasteiger partial charge is 0.507 e. The molecule has 26 heavy (non-hydrogen) atoms. The Hall–Kier alpha value is -2.38. The topological polar surface area (TPSA) is 89.9 Å². The third-order valence-electron chi connectivity index (χ3n) is 3.98. The summed E-state index contributed by atoms with van der Waals surface area (Å²) >= 11 is 0. The number of benzene rings is 2. The second-order valence-corrected chi connectivity index (χ2v) is 7.53. The van der Waals surface area contributed by atoms with Crippen LogP contribution in [-0.2, 0) is 14.3 Å². The third-order valence-corrected chi connectivity index (χ3v) is 5.42. The van der Waals surface area contributed by atoms with Crippen molar-refractivity contribution in [2.45, 2.75) is 38.2 Å². The number of aromatic hydroxyl groups is 1. The van der Waals surface area contributed by atoms with Crippen molar-refractivity contribution in [3.05, 3.63) is 53.1 Å². The van der Waals surface area contributed by atoms with E-state index in [0.717, 1.165) is 17.7 Å². The summed E-state index contributed by atoms with van der Waals surface area (Å²) in [5.74, 6) is -0.952. The Morgan fingerprint density at radius 1 is 1.19 bits per heavy atom. The summed E-state index contributed by atoms with van der Waals surface area (Å²) in [6, 6.07) is 8.95. The molecule has 7 heteroatoms. The van der Waals surface area contributed by atoms with Crippen molar-refractivity contribution in [1.29, 1.82) is 0 Å². The quantitative estimate of drug-likeness (QED) is 0.586. The van der Waals surface area contributed by atoms with Gasteiger partial charge in [0.1, 0.15) is 16.4 Å². The van der Waals surface area contributed by atoms with Crippen LogP contribution >= 0.6 is 0 Å². The van der Waals surface area contributed by atoms with Crippen molar-refractivity contribution in [2.24, 2.45) is 0 Å². The summed E-state index contributed by atoms with van der Waals surface area (Å²) in [6.07, 6.45) is -0.0378. The highest BCUT2D eigenvalue weighted by Crippen LogP contribution is 2.34. The zero-order valence-electron chi connectivity index (χ0n) is 15.1. The highest BCUT2D eigenvalue weighted by molar-refractivity contribution is 7.86. The Kier molecular flexibility index (Phi) is 6.05. The van der Waals surface area contributed by atoms with Gasteiger partial charge in [0, 0.05) is 11.6 Å². The Morgan fingerprint density at radius 2 is 1.81 bits per heavy atom. The lowest BCUT2D eigenvalue weighted by atomic mass is 10.0. The van der Waals surface area contributed by atoms with E-state index in [1.165, 1.54) is 7.11 Å². The average molecular weight is 378 g/mol. The Balaban J connectivity index is 2.55. The van der Waals surface area contributed by atoms with Gasteiger partial charge < -0.3 is 9.84 Å². The lowest BCUT2D eigenvalue weighted by molar-refractivity contribution is 0.103. The lowest BCUT2D eigenvalue weighted by Crippen LogP contribution is -2.16. The van der Waals surface area contributed by atoms with Gasteiger partial charge in [-0.25, -0.2) is 0 Å². The van der Waals surface area contributed by atoms with Gasteiger partial charge in [0.2, 0.25) is 0 Å². The maximum Gasteiger partial charge on any atom is 0.300 e. The molecule has 0 aliphatic heterocycles. The van der Waals surface area contributed by atoms with E-state index in [4.69, 9.17) is 8.92 Å². The molecule has 0 amide bonds. The van der Waals surface area contributed by atoms with Gasteiger partial charge in [-0.05, 0) is 26.3 Å². The number of phenolic OH excluding ortho intramolecular Hbond substituents is 1. The molecular formula is C19H22O6S. The molecule has 0 aromatic heterocycles. The number of ether oxygens (including phenoxy) is 1.